The van der Waals surface area contributed by atoms with Gasteiger partial charge in [0.15, 0.2) is 0 Å². The SMILES string of the molecule is C=C(C)C(=O)OCCCOC(=O)CN(CCN(CCN(CC(=O)O)CC(=O)O)CC(=O)O)CC(=O)O.[Gd+3]. The topological polar surface area (TPSA) is 212 Å². The average Bonchev–Trinajstić information content (AvgIpc) is 2.73. The van der Waals surface area contributed by atoms with Crippen LogP contribution in [0.3, 0.4) is 0 Å². The number of ether oxygens (including phenoxy) is 2. The minimum atomic E-state index is -1.25. The normalized spacial score (nSPS) is 10.6. The number of carbonyl (C=O) groups excluding carboxylic acids is 2. The van der Waals surface area contributed by atoms with Gasteiger partial charge < -0.3 is 29.9 Å². The van der Waals surface area contributed by atoms with E-state index in [-0.39, 0.29) is 91.3 Å². The van der Waals surface area contributed by atoms with E-state index in [1.165, 1.54) is 16.7 Å². The van der Waals surface area contributed by atoms with Crippen molar-refractivity contribution in [2.75, 3.05) is 72.1 Å². The van der Waals surface area contributed by atoms with Gasteiger partial charge in [-0.25, -0.2) is 4.79 Å². The van der Waals surface area contributed by atoms with Crippen molar-refractivity contribution < 1.29 is 98.6 Å². The zero-order valence-corrected chi connectivity index (χ0v) is 22.7. The van der Waals surface area contributed by atoms with Gasteiger partial charge in [-0.3, -0.25) is 38.7 Å². The quantitative estimate of drug-likeness (QED) is 0.0605. The van der Waals surface area contributed by atoms with Gasteiger partial charge in [-0.05, 0) is 6.92 Å². The van der Waals surface area contributed by atoms with Gasteiger partial charge in [0.1, 0.15) is 0 Å². The molecule has 0 amide bonds. The standard InChI is InChI=1S/C21H33N3O12.Gd/c1-15(2)21(34)36-9-3-8-35-20(33)14-24(13-19(31)32)7-5-22(10-16(25)26)4-6-23(11-17(27)28)12-18(29)30;/h1,3-14H2,2H3,(H,25,26)(H,27,28)(H,29,30)(H,31,32);/q;+3. The third-order valence-electron chi connectivity index (χ3n) is 4.39. The van der Waals surface area contributed by atoms with Crippen LogP contribution in [-0.4, -0.2) is 143 Å². The third-order valence-corrected chi connectivity index (χ3v) is 4.39. The monoisotopic (exact) mass is 677 g/mol. The molecule has 0 heterocycles. The smallest absolute Gasteiger partial charge is 0.480 e. The molecule has 0 aromatic rings. The number of carboxylic acids is 4. The molecular weight excluding hydrogens is 643 g/mol. The van der Waals surface area contributed by atoms with Crippen LogP contribution in [0, 0.1) is 39.9 Å². The molecule has 1 radical (unpaired) electrons. The molecule has 0 aromatic carbocycles. The van der Waals surface area contributed by atoms with Crippen LogP contribution >= 0.6 is 0 Å². The fraction of sp³-hybridized carbons (Fsp3) is 0.619. The van der Waals surface area contributed by atoms with Crippen molar-refractivity contribution in [3.05, 3.63) is 12.2 Å². The van der Waals surface area contributed by atoms with E-state index in [2.05, 4.69) is 6.58 Å². The van der Waals surface area contributed by atoms with E-state index in [1.807, 2.05) is 0 Å². The second kappa shape index (κ2) is 20.8. The number of aliphatic carboxylic acids is 4. The minimum Gasteiger partial charge on any atom is -0.480 e. The van der Waals surface area contributed by atoms with E-state index in [0.717, 1.165) is 4.90 Å². The molecule has 0 spiro atoms. The van der Waals surface area contributed by atoms with Crippen LogP contribution in [0.2, 0.25) is 0 Å². The fourth-order valence-corrected chi connectivity index (χ4v) is 2.79. The Morgan fingerprint density at radius 2 is 0.973 bits per heavy atom. The molecule has 0 unspecified atom stereocenters. The molecule has 0 fully saturated rings. The van der Waals surface area contributed by atoms with E-state index in [0.29, 0.717) is 0 Å². The molecule has 209 valence electrons. The Morgan fingerprint density at radius 3 is 1.38 bits per heavy atom. The van der Waals surface area contributed by atoms with Crippen molar-refractivity contribution in [3.8, 4) is 0 Å². The first-order valence-electron chi connectivity index (χ1n) is 10.8. The van der Waals surface area contributed by atoms with Crippen LogP contribution < -0.4 is 0 Å². The summed E-state index contributed by atoms with van der Waals surface area (Å²) < 4.78 is 9.87. The second-order valence-electron chi connectivity index (χ2n) is 7.76. The Balaban J connectivity index is 0. The zero-order chi connectivity index (χ0) is 27.7. The number of rotatable bonds is 21. The molecule has 0 atom stereocenters. The summed E-state index contributed by atoms with van der Waals surface area (Å²) in [5.41, 5.74) is 0.227. The van der Waals surface area contributed by atoms with Crippen LogP contribution in [0.4, 0.5) is 0 Å². The predicted octanol–water partition coefficient (Wildman–Crippen LogP) is -1.72. The first kappa shape index (κ1) is 36.9. The van der Waals surface area contributed by atoms with E-state index in [1.54, 1.807) is 0 Å². The van der Waals surface area contributed by atoms with E-state index < -0.39 is 68.5 Å². The third kappa shape index (κ3) is 21.5. The molecule has 0 saturated heterocycles. The molecule has 0 aromatic heterocycles. The van der Waals surface area contributed by atoms with Crippen molar-refractivity contribution in [1.82, 2.24) is 14.7 Å². The fourth-order valence-electron chi connectivity index (χ4n) is 2.79. The van der Waals surface area contributed by atoms with Crippen LogP contribution in [-0.2, 0) is 38.2 Å². The molecule has 15 nitrogen and oxygen atoms in total. The summed E-state index contributed by atoms with van der Waals surface area (Å²) in [7, 11) is 0. The van der Waals surface area contributed by atoms with Crippen molar-refractivity contribution in [2.45, 2.75) is 13.3 Å². The Bertz CT molecular complexity index is 792. The number of nitrogens with zero attached hydrogens (tertiary/aromatic N) is 3. The summed E-state index contributed by atoms with van der Waals surface area (Å²) >= 11 is 0. The summed E-state index contributed by atoms with van der Waals surface area (Å²) in [4.78, 5) is 71.3. The van der Waals surface area contributed by atoms with Crippen LogP contribution in [0.5, 0.6) is 0 Å². The number of hydrogen-bond donors (Lipinski definition) is 4. The van der Waals surface area contributed by atoms with Crippen molar-refractivity contribution in [2.24, 2.45) is 0 Å². The van der Waals surface area contributed by atoms with Crippen molar-refractivity contribution >= 4 is 35.8 Å². The molecule has 4 N–H and O–H groups in total. The Morgan fingerprint density at radius 1 is 0.622 bits per heavy atom. The molecule has 0 aliphatic carbocycles. The van der Waals surface area contributed by atoms with E-state index in [4.69, 9.17) is 29.9 Å². The Kier molecular flexibility index (Phi) is 20.7. The first-order valence-corrected chi connectivity index (χ1v) is 10.8. The first-order chi connectivity index (χ1) is 16.8. The summed E-state index contributed by atoms with van der Waals surface area (Å²) in [6.07, 6.45) is 0.221. The van der Waals surface area contributed by atoms with Gasteiger partial charge in [0.05, 0.1) is 45.9 Å². The average molecular weight is 677 g/mol. The summed E-state index contributed by atoms with van der Waals surface area (Å²) in [5, 5.41) is 36.1. The molecule has 0 aliphatic rings. The Labute approximate surface area is 245 Å². The van der Waals surface area contributed by atoms with Crippen LogP contribution in [0.15, 0.2) is 12.2 Å². The maximum absolute atomic E-state index is 12.1. The molecule has 0 rings (SSSR count). The molecule has 0 saturated carbocycles. The molecule has 0 bridgehead atoms. The summed E-state index contributed by atoms with van der Waals surface area (Å²) in [6, 6.07) is 0. The van der Waals surface area contributed by atoms with Crippen molar-refractivity contribution in [1.29, 1.82) is 0 Å². The Hall–Kier alpha value is -2.24. The summed E-state index contributed by atoms with van der Waals surface area (Å²) in [6.45, 7) is 2.20. The van der Waals surface area contributed by atoms with Gasteiger partial charge in [0, 0.05) is 38.2 Å². The van der Waals surface area contributed by atoms with Gasteiger partial charge in [-0.1, -0.05) is 6.58 Å². The largest absolute Gasteiger partial charge is 3.00 e. The van der Waals surface area contributed by atoms with E-state index >= 15 is 0 Å². The molecule has 0 aliphatic heterocycles. The van der Waals surface area contributed by atoms with Gasteiger partial charge in [-0.15, -0.1) is 0 Å². The number of hydrogen-bond acceptors (Lipinski definition) is 11. The molecule has 16 heteroatoms. The molecule has 37 heavy (non-hydrogen) atoms. The number of carbonyl (C=O) groups is 6. The number of carboxylic acid groups (broad SMARTS) is 4. The minimum absolute atomic E-state index is 0. The summed E-state index contributed by atoms with van der Waals surface area (Å²) in [5.74, 6) is -6.24. The van der Waals surface area contributed by atoms with Gasteiger partial charge in [-0.2, -0.15) is 0 Å². The van der Waals surface area contributed by atoms with Gasteiger partial charge >= 0.3 is 75.8 Å². The second-order valence-corrected chi connectivity index (χ2v) is 7.76. The maximum atomic E-state index is 12.1. The van der Waals surface area contributed by atoms with Crippen LogP contribution in [0.25, 0.3) is 0 Å². The predicted molar refractivity (Wildman–Crippen MR) is 121 cm³/mol. The van der Waals surface area contributed by atoms with Crippen LogP contribution in [0.1, 0.15) is 13.3 Å². The van der Waals surface area contributed by atoms with Gasteiger partial charge in [0.25, 0.3) is 0 Å². The zero-order valence-electron chi connectivity index (χ0n) is 20.4. The molecular formula is C21H33GdN3O12+3. The van der Waals surface area contributed by atoms with E-state index in [9.17, 15) is 28.8 Å². The van der Waals surface area contributed by atoms with Crippen molar-refractivity contribution in [3.63, 3.8) is 0 Å². The number of esters is 2. The van der Waals surface area contributed by atoms with Gasteiger partial charge in [0.2, 0.25) is 0 Å². The maximum Gasteiger partial charge on any atom is 3.00 e.